The molecule has 1 radical (unpaired) electrons. The van der Waals surface area contributed by atoms with Crippen LogP contribution in [0.2, 0.25) is 0 Å². The van der Waals surface area contributed by atoms with Crippen LogP contribution in [0.4, 0.5) is 0 Å². The van der Waals surface area contributed by atoms with E-state index >= 15 is 0 Å². The van der Waals surface area contributed by atoms with Gasteiger partial charge in [-0.15, -0.1) is 13.1 Å². The predicted molar refractivity (Wildman–Crippen MR) is 80.3 cm³/mol. The Balaban J connectivity index is 0.00000220. The van der Waals surface area contributed by atoms with E-state index in [0.29, 0.717) is 17.0 Å². The van der Waals surface area contributed by atoms with E-state index in [1.165, 1.54) is 0 Å². The van der Waals surface area contributed by atoms with E-state index in [4.69, 9.17) is 17.2 Å². The number of rotatable bonds is 3. The van der Waals surface area contributed by atoms with Crippen molar-refractivity contribution < 1.29 is 44.7 Å². The van der Waals surface area contributed by atoms with Crippen molar-refractivity contribution in [2.24, 2.45) is 17.2 Å². The molecule has 1 aromatic rings. The zero-order valence-electron chi connectivity index (χ0n) is 12.1. The maximum Gasteiger partial charge on any atom is 0.124 e. The van der Waals surface area contributed by atoms with Crippen molar-refractivity contribution in [1.29, 1.82) is 0 Å². The predicted octanol–water partition coefficient (Wildman–Crippen LogP) is 0.463. The summed E-state index contributed by atoms with van der Waals surface area (Å²) >= 11 is 0. The molecule has 1 aliphatic heterocycles. The summed E-state index contributed by atoms with van der Waals surface area (Å²) in [5.41, 5.74) is 19.2. The minimum Gasteiger partial charge on any atom is -0.659 e. The summed E-state index contributed by atoms with van der Waals surface area (Å²) in [5, 5.41) is 14.1. The van der Waals surface area contributed by atoms with Crippen molar-refractivity contribution in [2.45, 2.75) is 0 Å². The first-order chi connectivity index (χ1) is 9.59. The molecule has 8 heteroatoms. The van der Waals surface area contributed by atoms with Gasteiger partial charge in [0.25, 0.3) is 0 Å². The van der Waals surface area contributed by atoms with E-state index in [1.807, 2.05) is 6.07 Å². The molecule has 0 spiro atoms. The first-order valence-corrected chi connectivity index (χ1v) is 6.48. The van der Waals surface area contributed by atoms with E-state index in [1.54, 1.807) is 24.3 Å². The molecule has 22 heavy (non-hydrogen) atoms. The third-order valence-corrected chi connectivity index (χ3v) is 3.20. The van der Waals surface area contributed by atoms with Crippen LogP contribution in [0, 0.1) is 0 Å². The number of phenolic OH excluding ortho intramolecular Hbond substituents is 1. The van der Waals surface area contributed by atoms with Gasteiger partial charge in [0.15, 0.2) is 0 Å². The van der Waals surface area contributed by atoms with Crippen LogP contribution in [0.25, 0.3) is 11.0 Å². The molecule has 7 N–H and O–H groups in total. The van der Waals surface area contributed by atoms with Gasteiger partial charge in [0.05, 0.1) is 5.70 Å². The SMILES string of the molecule is NC(N)=C(/C=C(\N)c1ccccc1O)N1CC[N-]CC1.[V].[W]. The number of nitrogens with zero attached hydrogens (tertiary/aromatic N) is 2. The van der Waals surface area contributed by atoms with Gasteiger partial charge in [-0.3, -0.25) is 0 Å². The van der Waals surface area contributed by atoms with Gasteiger partial charge in [-0.25, -0.2) is 0 Å². The van der Waals surface area contributed by atoms with Crippen molar-refractivity contribution in [1.82, 2.24) is 4.90 Å². The minimum atomic E-state index is 0. The Kier molecular flexibility index (Phi) is 9.37. The Morgan fingerprint density at radius 1 is 1.14 bits per heavy atom. The van der Waals surface area contributed by atoms with Crippen molar-refractivity contribution in [2.75, 3.05) is 26.2 Å². The number of benzene rings is 1. The van der Waals surface area contributed by atoms with Gasteiger partial charge in [-0.1, -0.05) is 12.1 Å². The maximum absolute atomic E-state index is 9.81. The zero-order chi connectivity index (χ0) is 14.5. The smallest absolute Gasteiger partial charge is 0.124 e. The number of nitrogens with two attached hydrogens (primary N) is 3. The molecule has 0 atom stereocenters. The third-order valence-electron chi connectivity index (χ3n) is 3.20. The Bertz CT molecular complexity index is 540. The molecule has 0 amide bonds. The molecule has 0 aromatic heterocycles. The monoisotopic (exact) mass is 509 g/mol. The number of piperazine rings is 1. The molecule has 0 saturated carbocycles. The van der Waals surface area contributed by atoms with Crippen molar-refractivity contribution in [3.05, 3.63) is 52.7 Å². The number of para-hydroxylation sites is 1. The standard InChI is InChI=1S/C14H20N5O.V.W/c15-11(10-3-1-2-4-13(10)20)9-12(14(16)17)19-7-5-18-6-8-19;;/h1-4,9,20H,5-8,15-17H2;;/q-1;;/b11-9-;;. The van der Waals surface area contributed by atoms with Gasteiger partial charge in [0.1, 0.15) is 11.6 Å². The van der Waals surface area contributed by atoms with Gasteiger partial charge in [0.2, 0.25) is 0 Å². The van der Waals surface area contributed by atoms with Gasteiger partial charge in [-0.05, 0) is 31.3 Å². The third kappa shape index (κ3) is 5.29. The molecule has 6 nitrogen and oxygen atoms in total. The fourth-order valence-corrected chi connectivity index (χ4v) is 2.15. The van der Waals surface area contributed by atoms with Crippen LogP contribution in [-0.4, -0.2) is 36.2 Å². The second-order valence-electron chi connectivity index (χ2n) is 4.62. The van der Waals surface area contributed by atoms with Crippen molar-refractivity contribution in [3.8, 4) is 5.75 Å². The summed E-state index contributed by atoms with van der Waals surface area (Å²) in [6.45, 7) is 3.03. The second-order valence-corrected chi connectivity index (χ2v) is 4.62. The van der Waals surface area contributed by atoms with Gasteiger partial charge >= 0.3 is 0 Å². The van der Waals surface area contributed by atoms with Crippen LogP contribution in [0.3, 0.4) is 0 Å². The minimum absolute atomic E-state index is 0. The van der Waals surface area contributed by atoms with Crippen LogP contribution in [0.1, 0.15) is 5.56 Å². The first kappa shape index (κ1) is 20.9. The fourth-order valence-electron chi connectivity index (χ4n) is 2.15. The van der Waals surface area contributed by atoms with E-state index in [0.717, 1.165) is 26.2 Å². The number of aromatic hydroxyl groups is 1. The second kappa shape index (κ2) is 9.85. The molecule has 0 unspecified atom stereocenters. The van der Waals surface area contributed by atoms with E-state index < -0.39 is 0 Å². The average Bonchev–Trinajstić information content (AvgIpc) is 2.45. The first-order valence-electron chi connectivity index (χ1n) is 6.48. The molecule has 1 fully saturated rings. The molecular formula is C14H20N5OVW-. The molecule has 1 saturated heterocycles. The summed E-state index contributed by atoms with van der Waals surface area (Å²) in [6.07, 6.45) is 1.70. The maximum atomic E-state index is 9.81. The summed E-state index contributed by atoms with van der Waals surface area (Å²) in [6, 6.07) is 6.89. The van der Waals surface area contributed by atoms with Crippen LogP contribution >= 0.6 is 0 Å². The molecule has 119 valence electrons. The van der Waals surface area contributed by atoms with Crippen LogP contribution in [0.5, 0.6) is 5.75 Å². The molecular weight excluding hydrogens is 489 g/mol. The van der Waals surface area contributed by atoms with E-state index in [9.17, 15) is 5.11 Å². The fraction of sp³-hybridized carbons (Fsp3) is 0.286. The topological polar surface area (TPSA) is 116 Å². The number of phenols is 1. The largest absolute Gasteiger partial charge is 0.659 e. The van der Waals surface area contributed by atoms with Gasteiger partial charge in [0, 0.05) is 50.9 Å². The van der Waals surface area contributed by atoms with Crippen LogP contribution in [-0.2, 0) is 39.6 Å². The Labute approximate surface area is 156 Å². The molecule has 0 bridgehead atoms. The molecule has 1 heterocycles. The van der Waals surface area contributed by atoms with Crippen LogP contribution < -0.4 is 17.2 Å². The van der Waals surface area contributed by atoms with E-state index in [2.05, 4.69) is 10.2 Å². The van der Waals surface area contributed by atoms with E-state index in [-0.39, 0.29) is 51.2 Å². The summed E-state index contributed by atoms with van der Waals surface area (Å²) in [5.74, 6) is 0.343. The Morgan fingerprint density at radius 3 is 2.27 bits per heavy atom. The summed E-state index contributed by atoms with van der Waals surface area (Å²) < 4.78 is 0. The zero-order valence-corrected chi connectivity index (χ0v) is 16.5. The van der Waals surface area contributed by atoms with Gasteiger partial charge < -0.3 is 32.5 Å². The molecule has 1 aromatic carbocycles. The van der Waals surface area contributed by atoms with Gasteiger partial charge in [-0.2, -0.15) is 0 Å². The molecule has 0 aliphatic carbocycles. The van der Waals surface area contributed by atoms with Crippen molar-refractivity contribution in [3.63, 3.8) is 0 Å². The quantitative estimate of drug-likeness (QED) is 0.443. The average molecular weight is 509 g/mol. The Hall–Kier alpha value is -1.07. The molecule has 2 rings (SSSR count). The molecule has 1 aliphatic rings. The van der Waals surface area contributed by atoms with Crippen molar-refractivity contribution >= 4 is 5.70 Å². The van der Waals surface area contributed by atoms with Crippen LogP contribution in [0.15, 0.2) is 41.9 Å². The number of allylic oxidation sites excluding steroid dienone is 1. The Morgan fingerprint density at radius 2 is 1.73 bits per heavy atom. The summed E-state index contributed by atoms with van der Waals surface area (Å²) in [4.78, 5) is 2.05. The normalized spacial score (nSPS) is 14.5. The summed E-state index contributed by atoms with van der Waals surface area (Å²) in [7, 11) is 0. The number of hydrogen-bond donors (Lipinski definition) is 4. The number of hydrogen-bond acceptors (Lipinski definition) is 5.